The summed E-state index contributed by atoms with van der Waals surface area (Å²) in [5, 5.41) is 0. The summed E-state index contributed by atoms with van der Waals surface area (Å²) < 4.78 is 5.43. The summed E-state index contributed by atoms with van der Waals surface area (Å²) in [5.41, 5.74) is 1.02. The maximum atomic E-state index is 5.43. The van der Waals surface area contributed by atoms with Gasteiger partial charge >= 0.3 is 0 Å². The van der Waals surface area contributed by atoms with Gasteiger partial charge in [0.2, 0.25) is 5.90 Å². The minimum Gasteiger partial charge on any atom is -0.444 e. The lowest BCUT2D eigenvalue weighted by Gasteiger charge is -2.15. The van der Waals surface area contributed by atoms with Crippen LogP contribution in [-0.4, -0.2) is 12.4 Å². The summed E-state index contributed by atoms with van der Waals surface area (Å²) in [6.45, 7) is 4.57. The van der Waals surface area contributed by atoms with Crippen LogP contribution < -0.4 is 0 Å². The van der Waals surface area contributed by atoms with E-state index in [1.807, 2.05) is 30.3 Å². The molecule has 0 saturated carbocycles. The molecule has 0 spiro atoms. The maximum absolute atomic E-state index is 5.43. The first-order chi connectivity index (χ1) is 6.36. The summed E-state index contributed by atoms with van der Waals surface area (Å²) in [5.74, 6) is 1.49. The average Bonchev–Trinajstić information content (AvgIpc) is 2.19. The molecule has 0 bridgehead atoms. The van der Waals surface area contributed by atoms with Crippen molar-refractivity contribution in [1.29, 1.82) is 0 Å². The highest BCUT2D eigenvalue weighted by Gasteiger charge is 2.10. The Morgan fingerprint density at radius 2 is 2.00 bits per heavy atom. The fourth-order valence-electron chi connectivity index (χ4n) is 1.23. The lowest BCUT2D eigenvalue weighted by atomic mass is 10.2. The van der Waals surface area contributed by atoms with Gasteiger partial charge in [-0.1, -0.05) is 24.8 Å². The standard InChI is InChI=1S/C11H11NO/c1-9-7-8-12-11(13-9)10-5-3-2-4-6-10/h2-6H,1,7-8H2. The summed E-state index contributed by atoms with van der Waals surface area (Å²) in [6.07, 6.45) is 0.830. The Hall–Kier alpha value is -1.57. The van der Waals surface area contributed by atoms with Crippen LogP contribution in [0.15, 0.2) is 47.7 Å². The molecule has 66 valence electrons. The number of rotatable bonds is 1. The molecule has 1 heterocycles. The van der Waals surface area contributed by atoms with E-state index in [0.29, 0.717) is 5.90 Å². The van der Waals surface area contributed by atoms with Crippen molar-refractivity contribution in [2.24, 2.45) is 4.99 Å². The molecule has 0 radical (unpaired) electrons. The molecule has 0 aliphatic carbocycles. The molecule has 1 aliphatic rings. The molecule has 1 aromatic rings. The molecule has 0 N–H and O–H groups in total. The van der Waals surface area contributed by atoms with Crippen LogP contribution in [0.3, 0.4) is 0 Å². The zero-order valence-corrected chi connectivity index (χ0v) is 7.36. The van der Waals surface area contributed by atoms with Crippen molar-refractivity contribution in [3.63, 3.8) is 0 Å². The smallest absolute Gasteiger partial charge is 0.221 e. The summed E-state index contributed by atoms with van der Waals surface area (Å²) in [6, 6.07) is 9.88. The summed E-state index contributed by atoms with van der Waals surface area (Å²) in [4.78, 5) is 4.28. The van der Waals surface area contributed by atoms with Crippen LogP contribution in [0.2, 0.25) is 0 Å². The highest BCUT2D eigenvalue weighted by Crippen LogP contribution is 2.13. The first kappa shape index (κ1) is 8.05. The Kier molecular flexibility index (Phi) is 2.13. The van der Waals surface area contributed by atoms with Crippen LogP contribution in [0.4, 0.5) is 0 Å². The minimum absolute atomic E-state index is 0.692. The largest absolute Gasteiger partial charge is 0.444 e. The highest BCUT2D eigenvalue weighted by molar-refractivity contribution is 5.95. The number of nitrogens with zero attached hydrogens (tertiary/aromatic N) is 1. The summed E-state index contributed by atoms with van der Waals surface area (Å²) >= 11 is 0. The molecular formula is C11H11NO. The van der Waals surface area contributed by atoms with E-state index in [1.165, 1.54) is 0 Å². The second-order valence-electron chi connectivity index (χ2n) is 2.94. The Morgan fingerprint density at radius 3 is 2.69 bits per heavy atom. The van der Waals surface area contributed by atoms with Crippen LogP contribution in [-0.2, 0) is 4.74 Å². The highest BCUT2D eigenvalue weighted by atomic mass is 16.5. The lowest BCUT2D eigenvalue weighted by molar-refractivity contribution is 0.379. The van der Waals surface area contributed by atoms with Crippen molar-refractivity contribution in [3.8, 4) is 0 Å². The maximum Gasteiger partial charge on any atom is 0.221 e. The summed E-state index contributed by atoms with van der Waals surface area (Å²) in [7, 11) is 0. The molecule has 0 amide bonds. The van der Waals surface area contributed by atoms with Crippen molar-refractivity contribution < 1.29 is 4.74 Å². The topological polar surface area (TPSA) is 21.6 Å². The van der Waals surface area contributed by atoms with Gasteiger partial charge in [0.05, 0.1) is 0 Å². The predicted molar refractivity (Wildman–Crippen MR) is 52.7 cm³/mol. The van der Waals surface area contributed by atoms with E-state index in [2.05, 4.69) is 11.6 Å². The van der Waals surface area contributed by atoms with Gasteiger partial charge in [-0.05, 0) is 12.1 Å². The van der Waals surface area contributed by atoms with E-state index >= 15 is 0 Å². The fourth-order valence-corrected chi connectivity index (χ4v) is 1.23. The molecule has 0 aromatic heterocycles. The van der Waals surface area contributed by atoms with E-state index in [4.69, 9.17) is 4.74 Å². The van der Waals surface area contributed by atoms with Crippen LogP contribution in [0.5, 0.6) is 0 Å². The van der Waals surface area contributed by atoms with E-state index < -0.39 is 0 Å². The quantitative estimate of drug-likeness (QED) is 0.638. The van der Waals surface area contributed by atoms with Gasteiger partial charge in [-0.3, -0.25) is 4.99 Å². The molecule has 0 saturated heterocycles. The molecule has 2 rings (SSSR count). The molecule has 1 aliphatic heterocycles. The van der Waals surface area contributed by atoms with Crippen molar-refractivity contribution in [3.05, 3.63) is 48.2 Å². The Morgan fingerprint density at radius 1 is 1.23 bits per heavy atom. The van der Waals surface area contributed by atoms with E-state index in [-0.39, 0.29) is 0 Å². The molecule has 13 heavy (non-hydrogen) atoms. The number of hydrogen-bond donors (Lipinski definition) is 0. The third kappa shape index (κ3) is 1.78. The second-order valence-corrected chi connectivity index (χ2v) is 2.94. The number of ether oxygens (including phenoxy) is 1. The fraction of sp³-hybridized carbons (Fsp3) is 0.182. The first-order valence-electron chi connectivity index (χ1n) is 4.32. The van der Waals surface area contributed by atoms with Gasteiger partial charge in [0.25, 0.3) is 0 Å². The van der Waals surface area contributed by atoms with E-state index in [0.717, 1.165) is 24.3 Å². The van der Waals surface area contributed by atoms with Crippen LogP contribution in [0.25, 0.3) is 0 Å². The van der Waals surface area contributed by atoms with Crippen LogP contribution in [0, 0.1) is 0 Å². The monoisotopic (exact) mass is 173 g/mol. The Labute approximate surface area is 77.6 Å². The third-order valence-corrected chi connectivity index (χ3v) is 1.91. The van der Waals surface area contributed by atoms with Gasteiger partial charge in [-0.25, -0.2) is 0 Å². The van der Waals surface area contributed by atoms with Gasteiger partial charge in [-0.2, -0.15) is 0 Å². The number of hydrogen-bond acceptors (Lipinski definition) is 2. The van der Waals surface area contributed by atoms with Crippen molar-refractivity contribution >= 4 is 5.90 Å². The van der Waals surface area contributed by atoms with Crippen molar-refractivity contribution in [2.75, 3.05) is 6.54 Å². The van der Waals surface area contributed by atoms with Crippen molar-refractivity contribution in [1.82, 2.24) is 0 Å². The average molecular weight is 173 g/mol. The first-order valence-corrected chi connectivity index (χ1v) is 4.32. The normalized spacial score (nSPS) is 16.3. The Balaban J connectivity index is 2.27. The second kappa shape index (κ2) is 3.44. The van der Waals surface area contributed by atoms with E-state index in [9.17, 15) is 0 Å². The van der Waals surface area contributed by atoms with Gasteiger partial charge in [0.1, 0.15) is 5.76 Å². The molecule has 0 atom stereocenters. The van der Waals surface area contributed by atoms with Gasteiger partial charge in [0, 0.05) is 18.5 Å². The molecule has 2 nitrogen and oxygen atoms in total. The number of benzene rings is 1. The molecule has 0 unspecified atom stereocenters. The van der Waals surface area contributed by atoms with Crippen LogP contribution >= 0.6 is 0 Å². The van der Waals surface area contributed by atoms with Gasteiger partial charge in [-0.15, -0.1) is 0 Å². The third-order valence-electron chi connectivity index (χ3n) is 1.91. The SMILES string of the molecule is C=C1CCN=C(c2ccccc2)O1. The minimum atomic E-state index is 0.692. The van der Waals surface area contributed by atoms with E-state index in [1.54, 1.807) is 0 Å². The Bertz CT molecular complexity index is 340. The predicted octanol–water partition coefficient (Wildman–Crippen LogP) is 2.37. The molecular weight excluding hydrogens is 162 g/mol. The zero-order chi connectivity index (χ0) is 9.10. The molecule has 0 fully saturated rings. The van der Waals surface area contributed by atoms with Crippen molar-refractivity contribution in [2.45, 2.75) is 6.42 Å². The molecule has 1 aromatic carbocycles. The van der Waals surface area contributed by atoms with Crippen LogP contribution in [0.1, 0.15) is 12.0 Å². The molecule has 2 heteroatoms. The lowest BCUT2D eigenvalue weighted by Crippen LogP contribution is -2.12. The zero-order valence-electron chi connectivity index (χ0n) is 7.36. The van der Waals surface area contributed by atoms with Gasteiger partial charge in [0.15, 0.2) is 0 Å². The number of aliphatic imine (C=N–C) groups is 1. The van der Waals surface area contributed by atoms with Gasteiger partial charge < -0.3 is 4.74 Å².